The lowest BCUT2D eigenvalue weighted by Crippen LogP contribution is -2.11. The number of carbonyl (C=O) groups excluding carboxylic acids is 1. The average Bonchev–Trinajstić information content (AvgIpc) is 3.08. The van der Waals surface area contributed by atoms with Crippen LogP contribution in [0.5, 0.6) is 5.75 Å². The Bertz CT molecular complexity index is 1140. The van der Waals surface area contributed by atoms with E-state index in [1.54, 1.807) is 6.07 Å². The predicted molar refractivity (Wildman–Crippen MR) is 114 cm³/mol. The molecule has 0 amide bonds. The highest BCUT2D eigenvalue weighted by molar-refractivity contribution is 6.35. The van der Waals surface area contributed by atoms with Crippen molar-refractivity contribution in [3.05, 3.63) is 100 Å². The molecular formula is C23H17Cl2NO2. The number of benzene rings is 3. The molecule has 0 fully saturated rings. The van der Waals surface area contributed by atoms with Gasteiger partial charge in [-0.3, -0.25) is 4.79 Å². The first-order valence-electron chi connectivity index (χ1n) is 8.84. The summed E-state index contributed by atoms with van der Waals surface area (Å²) < 4.78 is 7.66. The summed E-state index contributed by atoms with van der Waals surface area (Å²) in [5.41, 5.74) is 2.54. The standard InChI is InChI=1S/C23H17Cl2NO2/c24-17-11-10-16(21(25)12-17)13-26-14-20(19-8-4-5-9-22(19)26)23(27)15-28-18-6-2-1-3-7-18/h1-12,14H,13,15H2. The first-order chi connectivity index (χ1) is 13.6. The molecule has 3 aromatic carbocycles. The van der Waals surface area contributed by atoms with E-state index in [0.29, 0.717) is 27.9 Å². The van der Waals surface area contributed by atoms with Crippen molar-refractivity contribution < 1.29 is 9.53 Å². The van der Waals surface area contributed by atoms with E-state index in [2.05, 4.69) is 0 Å². The Hall–Kier alpha value is -2.75. The van der Waals surface area contributed by atoms with E-state index in [1.165, 1.54) is 0 Å². The summed E-state index contributed by atoms with van der Waals surface area (Å²) in [7, 11) is 0. The Morgan fingerprint density at radius 3 is 2.46 bits per heavy atom. The van der Waals surface area contributed by atoms with Gasteiger partial charge >= 0.3 is 0 Å². The number of hydrogen-bond acceptors (Lipinski definition) is 2. The fourth-order valence-electron chi connectivity index (χ4n) is 3.18. The van der Waals surface area contributed by atoms with Crippen LogP contribution in [0, 0.1) is 0 Å². The highest BCUT2D eigenvalue weighted by atomic mass is 35.5. The van der Waals surface area contributed by atoms with Gasteiger partial charge in [0.2, 0.25) is 5.78 Å². The van der Waals surface area contributed by atoms with Gasteiger partial charge in [-0.05, 0) is 35.9 Å². The number of nitrogens with zero attached hydrogens (tertiary/aromatic N) is 1. The van der Waals surface area contributed by atoms with Gasteiger partial charge in [0.15, 0.2) is 6.61 Å². The van der Waals surface area contributed by atoms with E-state index in [-0.39, 0.29) is 12.4 Å². The van der Waals surface area contributed by atoms with Crippen LogP contribution in [0.4, 0.5) is 0 Å². The quantitative estimate of drug-likeness (QED) is 0.352. The van der Waals surface area contributed by atoms with Crippen LogP contribution < -0.4 is 4.74 Å². The Balaban J connectivity index is 1.63. The number of hydrogen-bond donors (Lipinski definition) is 0. The van der Waals surface area contributed by atoms with Crippen molar-refractivity contribution in [2.45, 2.75) is 6.54 Å². The molecule has 4 aromatic rings. The van der Waals surface area contributed by atoms with E-state index in [4.69, 9.17) is 27.9 Å². The molecule has 1 aromatic heterocycles. The maximum Gasteiger partial charge on any atom is 0.202 e. The molecule has 140 valence electrons. The second-order valence-electron chi connectivity index (χ2n) is 6.45. The molecule has 0 aliphatic rings. The van der Waals surface area contributed by atoms with Crippen LogP contribution in [0.25, 0.3) is 10.9 Å². The van der Waals surface area contributed by atoms with Gasteiger partial charge in [-0.15, -0.1) is 0 Å². The van der Waals surface area contributed by atoms with Crippen LogP contribution in [0.15, 0.2) is 79.0 Å². The van der Waals surface area contributed by atoms with Crippen LogP contribution in [0.3, 0.4) is 0 Å². The molecule has 0 aliphatic carbocycles. The molecular weight excluding hydrogens is 393 g/mol. The number of aromatic nitrogens is 1. The molecule has 1 heterocycles. The van der Waals surface area contributed by atoms with Crippen LogP contribution in [0.2, 0.25) is 10.0 Å². The minimum Gasteiger partial charge on any atom is -0.485 e. The van der Waals surface area contributed by atoms with Gasteiger partial charge in [0.05, 0.1) is 0 Å². The summed E-state index contributed by atoms with van der Waals surface area (Å²) >= 11 is 12.3. The zero-order valence-corrected chi connectivity index (χ0v) is 16.5. The molecule has 0 saturated heterocycles. The fourth-order valence-corrected chi connectivity index (χ4v) is 3.64. The Labute approximate surface area is 173 Å². The largest absolute Gasteiger partial charge is 0.485 e. The van der Waals surface area contributed by atoms with Crippen LogP contribution >= 0.6 is 23.2 Å². The second kappa shape index (κ2) is 8.09. The van der Waals surface area contributed by atoms with Gasteiger partial charge in [0.1, 0.15) is 5.75 Å². The summed E-state index contributed by atoms with van der Waals surface area (Å²) in [6, 6.07) is 22.6. The minimum atomic E-state index is -0.0685. The van der Waals surface area contributed by atoms with Gasteiger partial charge in [0.25, 0.3) is 0 Å². The number of para-hydroxylation sites is 2. The predicted octanol–water partition coefficient (Wildman–Crippen LogP) is 6.26. The molecule has 0 aliphatic heterocycles. The fraction of sp³-hybridized carbons (Fsp3) is 0.0870. The molecule has 0 bridgehead atoms. The lowest BCUT2D eigenvalue weighted by molar-refractivity contribution is 0.0923. The zero-order chi connectivity index (χ0) is 19.5. The van der Waals surface area contributed by atoms with Crippen LogP contribution in [0.1, 0.15) is 15.9 Å². The van der Waals surface area contributed by atoms with Crippen molar-refractivity contribution >= 4 is 39.9 Å². The highest BCUT2D eigenvalue weighted by Gasteiger charge is 2.16. The summed E-state index contributed by atoms with van der Waals surface area (Å²) in [6.45, 7) is 0.531. The maximum absolute atomic E-state index is 12.8. The van der Waals surface area contributed by atoms with Gasteiger partial charge in [-0.1, -0.05) is 65.7 Å². The molecule has 0 radical (unpaired) electrons. The molecule has 0 spiro atoms. The third-order valence-electron chi connectivity index (χ3n) is 4.56. The van der Waals surface area contributed by atoms with Crippen molar-refractivity contribution in [3.8, 4) is 5.75 Å². The molecule has 0 saturated carbocycles. The van der Waals surface area contributed by atoms with Gasteiger partial charge in [0, 0.05) is 39.3 Å². The molecule has 3 nitrogen and oxygen atoms in total. The number of carbonyl (C=O) groups is 1. The Kier molecular flexibility index (Phi) is 5.38. The first kappa shape index (κ1) is 18.6. The molecule has 0 N–H and O–H groups in total. The highest BCUT2D eigenvalue weighted by Crippen LogP contribution is 2.26. The summed E-state index contributed by atoms with van der Waals surface area (Å²) in [5, 5.41) is 2.10. The van der Waals surface area contributed by atoms with E-state index >= 15 is 0 Å². The lowest BCUT2D eigenvalue weighted by atomic mass is 10.1. The second-order valence-corrected chi connectivity index (χ2v) is 7.29. The number of ether oxygens (including phenoxy) is 1. The van der Waals surface area contributed by atoms with E-state index in [9.17, 15) is 4.79 Å². The van der Waals surface area contributed by atoms with E-state index in [0.717, 1.165) is 16.5 Å². The van der Waals surface area contributed by atoms with Crippen molar-refractivity contribution in [2.24, 2.45) is 0 Å². The third kappa shape index (κ3) is 3.91. The molecule has 4 rings (SSSR count). The smallest absolute Gasteiger partial charge is 0.202 e. The van der Waals surface area contributed by atoms with Crippen LogP contribution in [-0.4, -0.2) is 17.0 Å². The summed E-state index contributed by atoms with van der Waals surface area (Å²) in [5.74, 6) is 0.605. The van der Waals surface area contributed by atoms with Crippen molar-refractivity contribution in [3.63, 3.8) is 0 Å². The number of rotatable bonds is 6. The number of fused-ring (bicyclic) bond motifs is 1. The van der Waals surface area contributed by atoms with E-state index < -0.39 is 0 Å². The zero-order valence-electron chi connectivity index (χ0n) is 14.9. The van der Waals surface area contributed by atoms with Crippen molar-refractivity contribution in [1.29, 1.82) is 0 Å². The van der Waals surface area contributed by atoms with Crippen molar-refractivity contribution in [2.75, 3.05) is 6.61 Å². The minimum absolute atomic E-state index is 0.0142. The summed E-state index contributed by atoms with van der Waals surface area (Å²) in [6.07, 6.45) is 1.87. The number of Topliss-reactive ketones (excluding diaryl/α,β-unsaturated/α-hetero) is 1. The first-order valence-corrected chi connectivity index (χ1v) is 9.60. The molecule has 28 heavy (non-hydrogen) atoms. The SMILES string of the molecule is O=C(COc1ccccc1)c1cn(Cc2ccc(Cl)cc2Cl)c2ccccc12. The molecule has 5 heteroatoms. The number of halogens is 2. The molecule has 0 atom stereocenters. The topological polar surface area (TPSA) is 31.2 Å². The average molecular weight is 410 g/mol. The Morgan fingerprint density at radius 1 is 0.929 bits per heavy atom. The van der Waals surface area contributed by atoms with Gasteiger partial charge in [-0.2, -0.15) is 0 Å². The van der Waals surface area contributed by atoms with E-state index in [1.807, 2.05) is 77.5 Å². The number of ketones is 1. The van der Waals surface area contributed by atoms with Gasteiger partial charge < -0.3 is 9.30 Å². The lowest BCUT2D eigenvalue weighted by Gasteiger charge is -2.08. The van der Waals surface area contributed by atoms with Crippen LogP contribution in [-0.2, 0) is 6.54 Å². The monoisotopic (exact) mass is 409 g/mol. The van der Waals surface area contributed by atoms with Crippen molar-refractivity contribution in [1.82, 2.24) is 4.57 Å². The van der Waals surface area contributed by atoms with Gasteiger partial charge in [-0.25, -0.2) is 0 Å². The maximum atomic E-state index is 12.8. The third-order valence-corrected chi connectivity index (χ3v) is 5.14. The summed E-state index contributed by atoms with van der Waals surface area (Å²) in [4.78, 5) is 12.8. The normalized spacial score (nSPS) is 10.9. The molecule has 0 unspecified atom stereocenters. The Morgan fingerprint density at radius 2 is 1.68 bits per heavy atom.